The molecular weight excluding hydrogens is 340 g/mol. The number of carboxylic acid groups (broad SMARTS) is 1. The van der Waals surface area contributed by atoms with E-state index in [9.17, 15) is 14.4 Å². The molecule has 6 nitrogen and oxygen atoms in total. The summed E-state index contributed by atoms with van der Waals surface area (Å²) in [5, 5.41) is 11.1. The van der Waals surface area contributed by atoms with Crippen LogP contribution in [-0.4, -0.2) is 47.9 Å². The molecule has 1 rings (SSSR count). The van der Waals surface area contributed by atoms with E-state index in [-0.39, 0.29) is 24.8 Å². The topological polar surface area (TPSA) is 86.7 Å². The van der Waals surface area contributed by atoms with Gasteiger partial charge >= 0.3 is 5.97 Å². The third-order valence-corrected chi connectivity index (χ3v) is 3.52. The number of hydrogen-bond acceptors (Lipinski definition) is 3. The molecule has 114 valence electrons. The van der Waals surface area contributed by atoms with Crippen LogP contribution in [0.1, 0.15) is 23.2 Å². The summed E-state index contributed by atoms with van der Waals surface area (Å²) >= 11 is 3.27. The Morgan fingerprint density at radius 1 is 1.29 bits per heavy atom. The second-order valence-corrected chi connectivity index (χ2v) is 5.33. The quantitative estimate of drug-likeness (QED) is 0.774. The first-order valence-corrected chi connectivity index (χ1v) is 7.19. The highest BCUT2D eigenvalue weighted by Gasteiger charge is 2.13. The number of amides is 2. The molecule has 21 heavy (non-hydrogen) atoms. The van der Waals surface area contributed by atoms with Crippen LogP contribution >= 0.6 is 15.9 Å². The standard InChI is InChI=1S/C14H17BrN2O4/c1-17(8-4-7-13(19)20)12(18)9-16-14(21)10-5-2-3-6-11(10)15/h2-3,5-6H,4,7-9H2,1H3,(H,16,21)(H,19,20). The van der Waals surface area contributed by atoms with Crippen LogP contribution in [0.25, 0.3) is 0 Å². The predicted molar refractivity (Wildman–Crippen MR) is 81.0 cm³/mol. The van der Waals surface area contributed by atoms with Crippen LogP contribution in [-0.2, 0) is 9.59 Å². The minimum absolute atomic E-state index is 0.0148. The summed E-state index contributed by atoms with van der Waals surface area (Å²) in [7, 11) is 1.58. The number of benzene rings is 1. The normalized spacial score (nSPS) is 10.0. The largest absolute Gasteiger partial charge is 0.481 e. The number of hydrogen-bond donors (Lipinski definition) is 2. The Labute approximate surface area is 131 Å². The summed E-state index contributed by atoms with van der Waals surface area (Å²) in [5.41, 5.74) is 0.457. The van der Waals surface area contributed by atoms with Crippen molar-refractivity contribution in [2.75, 3.05) is 20.1 Å². The van der Waals surface area contributed by atoms with Gasteiger partial charge in [0.2, 0.25) is 5.91 Å². The van der Waals surface area contributed by atoms with Gasteiger partial charge in [0.15, 0.2) is 0 Å². The Hall–Kier alpha value is -1.89. The van der Waals surface area contributed by atoms with Crippen LogP contribution in [0.5, 0.6) is 0 Å². The average Bonchev–Trinajstić information content (AvgIpc) is 2.44. The van der Waals surface area contributed by atoms with Crippen LogP contribution < -0.4 is 5.32 Å². The second-order valence-electron chi connectivity index (χ2n) is 4.48. The molecule has 0 heterocycles. The molecule has 0 saturated carbocycles. The first-order valence-electron chi connectivity index (χ1n) is 6.40. The van der Waals surface area contributed by atoms with E-state index in [1.165, 1.54) is 4.90 Å². The predicted octanol–water partition coefficient (Wildman–Crippen LogP) is 1.50. The number of carbonyl (C=O) groups is 3. The van der Waals surface area contributed by atoms with Crippen LogP contribution in [0.4, 0.5) is 0 Å². The second kappa shape index (κ2) is 8.41. The highest BCUT2D eigenvalue weighted by atomic mass is 79.9. The zero-order valence-corrected chi connectivity index (χ0v) is 13.2. The van der Waals surface area contributed by atoms with Gasteiger partial charge in [-0.15, -0.1) is 0 Å². The molecule has 1 aromatic carbocycles. The van der Waals surface area contributed by atoms with Crippen LogP contribution in [0, 0.1) is 0 Å². The molecule has 0 fully saturated rings. The molecule has 0 radical (unpaired) electrons. The number of rotatable bonds is 7. The summed E-state index contributed by atoms with van der Waals surface area (Å²) in [4.78, 5) is 35.5. The van der Waals surface area contributed by atoms with Crippen LogP contribution in [0.15, 0.2) is 28.7 Å². The third kappa shape index (κ3) is 5.95. The number of nitrogens with zero attached hydrogens (tertiary/aromatic N) is 1. The van der Waals surface area contributed by atoms with Gasteiger partial charge in [0.25, 0.3) is 5.91 Å². The first-order chi connectivity index (χ1) is 9.91. The first kappa shape index (κ1) is 17.2. The Bertz CT molecular complexity index is 533. The molecule has 0 unspecified atom stereocenters. The SMILES string of the molecule is CN(CCCC(=O)O)C(=O)CNC(=O)c1ccccc1Br. The zero-order chi connectivity index (χ0) is 15.8. The van der Waals surface area contributed by atoms with Crippen LogP contribution in [0.2, 0.25) is 0 Å². The lowest BCUT2D eigenvalue weighted by Crippen LogP contribution is -2.38. The van der Waals surface area contributed by atoms with E-state index < -0.39 is 5.97 Å². The van der Waals surface area contributed by atoms with E-state index in [4.69, 9.17) is 5.11 Å². The smallest absolute Gasteiger partial charge is 0.303 e. The molecule has 2 amide bonds. The van der Waals surface area contributed by atoms with Gasteiger partial charge in [-0.2, -0.15) is 0 Å². The van der Waals surface area contributed by atoms with Crippen molar-refractivity contribution in [1.82, 2.24) is 10.2 Å². The Balaban J connectivity index is 2.40. The fraction of sp³-hybridized carbons (Fsp3) is 0.357. The van der Waals surface area contributed by atoms with Crippen molar-refractivity contribution < 1.29 is 19.5 Å². The number of carbonyl (C=O) groups excluding carboxylic acids is 2. The van der Waals surface area contributed by atoms with Gasteiger partial charge in [-0.3, -0.25) is 14.4 Å². The molecule has 0 aliphatic heterocycles. The van der Waals surface area contributed by atoms with Crippen molar-refractivity contribution in [2.45, 2.75) is 12.8 Å². The van der Waals surface area contributed by atoms with Crippen molar-refractivity contribution in [3.05, 3.63) is 34.3 Å². The molecule has 0 aliphatic rings. The molecule has 1 aromatic rings. The molecular formula is C14H17BrN2O4. The van der Waals surface area contributed by atoms with Crippen molar-refractivity contribution in [2.24, 2.45) is 0 Å². The van der Waals surface area contributed by atoms with Gasteiger partial charge in [-0.1, -0.05) is 12.1 Å². The molecule has 2 N–H and O–H groups in total. The summed E-state index contributed by atoms with van der Waals surface area (Å²) in [6.07, 6.45) is 0.399. The fourth-order valence-corrected chi connectivity index (χ4v) is 2.09. The summed E-state index contributed by atoms with van der Waals surface area (Å²) < 4.78 is 0.657. The van der Waals surface area contributed by atoms with Gasteiger partial charge in [-0.25, -0.2) is 0 Å². The van der Waals surface area contributed by atoms with Crippen molar-refractivity contribution in [3.63, 3.8) is 0 Å². The van der Waals surface area contributed by atoms with E-state index in [0.29, 0.717) is 23.0 Å². The van der Waals surface area contributed by atoms with Gasteiger partial charge in [0, 0.05) is 24.5 Å². The maximum atomic E-state index is 11.9. The summed E-state index contributed by atoms with van der Waals surface area (Å²) in [6.45, 7) is 0.222. The van der Waals surface area contributed by atoms with Crippen molar-refractivity contribution in [3.8, 4) is 0 Å². The number of carboxylic acids is 1. The number of likely N-dealkylation sites (N-methyl/N-ethyl adjacent to an activating group) is 1. The number of aliphatic carboxylic acids is 1. The number of nitrogens with one attached hydrogen (secondary N) is 1. The third-order valence-electron chi connectivity index (χ3n) is 2.83. The molecule has 7 heteroatoms. The van der Waals surface area contributed by atoms with Gasteiger partial charge in [0.05, 0.1) is 12.1 Å². The summed E-state index contributed by atoms with van der Waals surface area (Å²) in [5.74, 6) is -1.49. The zero-order valence-electron chi connectivity index (χ0n) is 11.6. The van der Waals surface area contributed by atoms with Gasteiger partial charge in [0.1, 0.15) is 0 Å². The molecule has 0 spiro atoms. The lowest BCUT2D eigenvalue weighted by atomic mass is 10.2. The molecule has 0 bridgehead atoms. The highest BCUT2D eigenvalue weighted by Crippen LogP contribution is 2.15. The van der Waals surface area contributed by atoms with E-state index >= 15 is 0 Å². The maximum absolute atomic E-state index is 11.9. The average molecular weight is 357 g/mol. The Kier molecular flexibility index (Phi) is 6.87. The Morgan fingerprint density at radius 2 is 1.95 bits per heavy atom. The van der Waals surface area contributed by atoms with Crippen LogP contribution in [0.3, 0.4) is 0 Å². The lowest BCUT2D eigenvalue weighted by Gasteiger charge is -2.17. The Morgan fingerprint density at radius 3 is 2.57 bits per heavy atom. The lowest BCUT2D eigenvalue weighted by molar-refractivity contribution is -0.137. The fourth-order valence-electron chi connectivity index (χ4n) is 1.62. The van der Waals surface area contributed by atoms with Crippen molar-refractivity contribution in [1.29, 1.82) is 0 Å². The monoisotopic (exact) mass is 356 g/mol. The van der Waals surface area contributed by atoms with Crippen molar-refractivity contribution >= 4 is 33.7 Å². The highest BCUT2D eigenvalue weighted by molar-refractivity contribution is 9.10. The van der Waals surface area contributed by atoms with E-state index in [1.807, 2.05) is 0 Å². The summed E-state index contributed by atoms with van der Waals surface area (Å²) in [6, 6.07) is 6.93. The maximum Gasteiger partial charge on any atom is 0.303 e. The van der Waals surface area contributed by atoms with E-state index in [1.54, 1.807) is 31.3 Å². The minimum atomic E-state index is -0.891. The van der Waals surface area contributed by atoms with Gasteiger partial charge < -0.3 is 15.3 Å². The van der Waals surface area contributed by atoms with E-state index in [2.05, 4.69) is 21.2 Å². The minimum Gasteiger partial charge on any atom is -0.481 e. The molecule has 0 aromatic heterocycles. The molecule has 0 atom stereocenters. The molecule has 0 aliphatic carbocycles. The van der Waals surface area contributed by atoms with E-state index in [0.717, 1.165) is 0 Å². The number of halogens is 1. The molecule has 0 saturated heterocycles. The van der Waals surface area contributed by atoms with Gasteiger partial charge in [-0.05, 0) is 34.5 Å².